The van der Waals surface area contributed by atoms with Crippen LogP contribution in [0.1, 0.15) is 11.3 Å². The quantitative estimate of drug-likeness (QED) is 0.829. The van der Waals surface area contributed by atoms with E-state index in [2.05, 4.69) is 0 Å². The number of para-hydroxylation sites is 1. The van der Waals surface area contributed by atoms with Crippen LogP contribution in [0.15, 0.2) is 47.1 Å². The topological polar surface area (TPSA) is 48.4 Å². The van der Waals surface area contributed by atoms with Crippen molar-refractivity contribution in [3.63, 3.8) is 0 Å². The van der Waals surface area contributed by atoms with Crippen LogP contribution in [0.3, 0.4) is 0 Å². The van der Waals surface area contributed by atoms with E-state index < -0.39 is 0 Å². The Hall–Kier alpha value is -1.74. The van der Waals surface area contributed by atoms with E-state index in [1.165, 1.54) is 0 Å². The molecular weight excluding hydrogens is 190 g/mol. The number of furan rings is 1. The van der Waals surface area contributed by atoms with E-state index >= 15 is 0 Å². The van der Waals surface area contributed by atoms with Gasteiger partial charge in [-0.25, -0.2) is 0 Å². The van der Waals surface area contributed by atoms with E-state index in [1.54, 1.807) is 6.26 Å². The van der Waals surface area contributed by atoms with Crippen molar-refractivity contribution in [1.82, 2.24) is 0 Å². The highest BCUT2D eigenvalue weighted by atomic mass is 16.5. The number of hydrogen-bond acceptors (Lipinski definition) is 3. The molecule has 2 rings (SSSR count). The lowest BCUT2D eigenvalue weighted by molar-refractivity contribution is 0.304. The van der Waals surface area contributed by atoms with E-state index in [9.17, 15) is 0 Å². The molecule has 0 radical (unpaired) electrons. The SMILES string of the molecule is NCc1cc(COc2ccccc2)co1. The molecular formula is C12H13NO2. The van der Waals surface area contributed by atoms with Crippen LogP contribution < -0.4 is 10.5 Å². The lowest BCUT2D eigenvalue weighted by Crippen LogP contribution is -1.95. The van der Waals surface area contributed by atoms with Crippen molar-refractivity contribution in [3.8, 4) is 5.75 Å². The lowest BCUT2D eigenvalue weighted by Gasteiger charge is -2.02. The van der Waals surface area contributed by atoms with E-state index in [-0.39, 0.29) is 0 Å². The summed E-state index contributed by atoms with van der Waals surface area (Å²) >= 11 is 0. The first-order valence-electron chi connectivity index (χ1n) is 4.82. The standard InChI is InChI=1S/C12H13NO2/c13-7-12-6-10(9-15-12)8-14-11-4-2-1-3-5-11/h1-6,9H,7-8,13H2. The highest BCUT2D eigenvalue weighted by Gasteiger charge is 2.00. The van der Waals surface area contributed by atoms with Crippen LogP contribution in [-0.4, -0.2) is 0 Å². The molecule has 0 saturated heterocycles. The summed E-state index contributed by atoms with van der Waals surface area (Å²) < 4.78 is 10.7. The second-order valence-electron chi connectivity index (χ2n) is 3.23. The second kappa shape index (κ2) is 4.66. The predicted octanol–water partition coefficient (Wildman–Crippen LogP) is 2.32. The van der Waals surface area contributed by atoms with E-state index in [4.69, 9.17) is 14.9 Å². The van der Waals surface area contributed by atoms with Crippen LogP contribution in [0, 0.1) is 0 Å². The number of nitrogens with two attached hydrogens (primary N) is 1. The first-order chi connectivity index (χ1) is 7.38. The van der Waals surface area contributed by atoms with Gasteiger partial charge in [0.2, 0.25) is 0 Å². The van der Waals surface area contributed by atoms with Crippen LogP contribution in [0.25, 0.3) is 0 Å². The molecule has 0 saturated carbocycles. The molecule has 1 aromatic carbocycles. The van der Waals surface area contributed by atoms with Crippen molar-refractivity contribution in [2.24, 2.45) is 5.73 Å². The van der Waals surface area contributed by atoms with Crippen LogP contribution >= 0.6 is 0 Å². The minimum atomic E-state index is 0.422. The van der Waals surface area contributed by atoms with Crippen molar-refractivity contribution in [1.29, 1.82) is 0 Å². The molecule has 2 N–H and O–H groups in total. The van der Waals surface area contributed by atoms with Gasteiger partial charge >= 0.3 is 0 Å². The van der Waals surface area contributed by atoms with Crippen molar-refractivity contribution in [3.05, 3.63) is 54.0 Å². The summed E-state index contributed by atoms with van der Waals surface area (Å²) in [5.74, 6) is 1.63. The summed E-state index contributed by atoms with van der Waals surface area (Å²) in [6.45, 7) is 0.929. The molecule has 0 atom stereocenters. The monoisotopic (exact) mass is 203 g/mol. The molecule has 0 aliphatic rings. The molecule has 0 amide bonds. The Morgan fingerprint density at radius 1 is 1.20 bits per heavy atom. The van der Waals surface area contributed by atoms with E-state index in [1.807, 2.05) is 36.4 Å². The summed E-state index contributed by atoms with van der Waals surface area (Å²) in [6.07, 6.45) is 1.67. The number of hydrogen-bond donors (Lipinski definition) is 1. The fourth-order valence-electron chi connectivity index (χ4n) is 1.29. The second-order valence-corrected chi connectivity index (χ2v) is 3.23. The summed E-state index contributed by atoms with van der Waals surface area (Å²) in [5, 5.41) is 0. The van der Waals surface area contributed by atoms with Gasteiger partial charge in [0.15, 0.2) is 0 Å². The summed E-state index contributed by atoms with van der Waals surface area (Å²) in [7, 11) is 0. The van der Waals surface area contributed by atoms with Crippen molar-refractivity contribution < 1.29 is 9.15 Å². The summed E-state index contributed by atoms with van der Waals surface area (Å²) in [5.41, 5.74) is 6.44. The van der Waals surface area contributed by atoms with E-state index in [0.29, 0.717) is 13.2 Å². The molecule has 1 aromatic heterocycles. The van der Waals surface area contributed by atoms with Gasteiger partial charge in [0, 0.05) is 5.56 Å². The number of ether oxygens (including phenoxy) is 1. The zero-order valence-corrected chi connectivity index (χ0v) is 8.35. The average molecular weight is 203 g/mol. The summed E-state index contributed by atoms with van der Waals surface area (Å²) in [4.78, 5) is 0. The molecule has 0 aliphatic heterocycles. The third-order valence-corrected chi connectivity index (χ3v) is 2.06. The smallest absolute Gasteiger partial charge is 0.119 e. The lowest BCUT2D eigenvalue weighted by atomic mass is 10.3. The van der Waals surface area contributed by atoms with Crippen LogP contribution in [0.2, 0.25) is 0 Å². The van der Waals surface area contributed by atoms with Crippen molar-refractivity contribution in [2.75, 3.05) is 0 Å². The Balaban J connectivity index is 1.93. The normalized spacial score (nSPS) is 10.2. The molecule has 3 heteroatoms. The van der Waals surface area contributed by atoms with Crippen LogP contribution in [0.5, 0.6) is 5.75 Å². The minimum Gasteiger partial charge on any atom is -0.489 e. The van der Waals surface area contributed by atoms with Crippen LogP contribution in [-0.2, 0) is 13.2 Å². The number of benzene rings is 1. The zero-order chi connectivity index (χ0) is 10.5. The minimum absolute atomic E-state index is 0.422. The Kier molecular flexibility index (Phi) is 3.05. The van der Waals surface area contributed by atoms with Gasteiger partial charge in [-0.1, -0.05) is 18.2 Å². The highest BCUT2D eigenvalue weighted by Crippen LogP contribution is 2.13. The van der Waals surface area contributed by atoms with Gasteiger partial charge in [-0.15, -0.1) is 0 Å². The first kappa shape index (κ1) is 9.80. The van der Waals surface area contributed by atoms with Gasteiger partial charge < -0.3 is 14.9 Å². The number of rotatable bonds is 4. The largest absolute Gasteiger partial charge is 0.489 e. The Labute approximate surface area is 88.5 Å². The molecule has 0 unspecified atom stereocenters. The van der Waals surface area contributed by atoms with Gasteiger partial charge in [0.05, 0.1) is 12.8 Å². The maximum atomic E-state index is 5.55. The fourth-order valence-corrected chi connectivity index (χ4v) is 1.29. The third kappa shape index (κ3) is 2.60. The van der Waals surface area contributed by atoms with E-state index in [0.717, 1.165) is 17.1 Å². The maximum absolute atomic E-state index is 5.55. The fraction of sp³-hybridized carbons (Fsp3) is 0.167. The molecule has 1 heterocycles. The van der Waals surface area contributed by atoms with Gasteiger partial charge in [-0.05, 0) is 18.2 Å². The Morgan fingerprint density at radius 3 is 2.67 bits per heavy atom. The average Bonchev–Trinajstić information content (AvgIpc) is 2.76. The highest BCUT2D eigenvalue weighted by molar-refractivity contribution is 5.22. The zero-order valence-electron chi connectivity index (χ0n) is 8.35. The molecule has 0 aliphatic carbocycles. The molecule has 3 nitrogen and oxygen atoms in total. The van der Waals surface area contributed by atoms with Gasteiger partial charge in [0.1, 0.15) is 18.1 Å². The molecule has 2 aromatic rings. The first-order valence-corrected chi connectivity index (χ1v) is 4.82. The predicted molar refractivity (Wildman–Crippen MR) is 57.4 cm³/mol. The molecule has 0 bridgehead atoms. The van der Waals surface area contributed by atoms with Gasteiger partial charge in [0.25, 0.3) is 0 Å². The van der Waals surface area contributed by atoms with Crippen molar-refractivity contribution >= 4 is 0 Å². The molecule has 0 fully saturated rings. The Morgan fingerprint density at radius 2 is 2.00 bits per heavy atom. The van der Waals surface area contributed by atoms with Crippen molar-refractivity contribution in [2.45, 2.75) is 13.2 Å². The maximum Gasteiger partial charge on any atom is 0.119 e. The van der Waals surface area contributed by atoms with Gasteiger partial charge in [-0.2, -0.15) is 0 Å². The van der Waals surface area contributed by atoms with Gasteiger partial charge in [-0.3, -0.25) is 0 Å². The van der Waals surface area contributed by atoms with Crippen LogP contribution in [0.4, 0.5) is 0 Å². The molecule has 15 heavy (non-hydrogen) atoms. The molecule has 0 spiro atoms. The molecule has 78 valence electrons. The third-order valence-electron chi connectivity index (χ3n) is 2.06. The Bertz CT molecular complexity index is 409. The summed E-state index contributed by atoms with van der Waals surface area (Å²) in [6, 6.07) is 11.6.